The van der Waals surface area contributed by atoms with Gasteiger partial charge in [-0.25, -0.2) is 0 Å². The van der Waals surface area contributed by atoms with E-state index in [4.69, 9.17) is 5.73 Å². The zero-order valence-corrected chi connectivity index (χ0v) is 8.09. The molecule has 0 aliphatic heterocycles. The summed E-state index contributed by atoms with van der Waals surface area (Å²) in [6.45, 7) is 2.18. The Labute approximate surface area is 70.1 Å². The van der Waals surface area contributed by atoms with Crippen molar-refractivity contribution < 1.29 is 5.73 Å². The van der Waals surface area contributed by atoms with Crippen LogP contribution in [0.4, 0.5) is 0 Å². The lowest BCUT2D eigenvalue weighted by molar-refractivity contribution is -0.210. The second-order valence-electron chi connectivity index (χ2n) is 1.51. The molecule has 0 heterocycles. The third-order valence-electron chi connectivity index (χ3n) is 0.487. The lowest BCUT2D eigenvalue weighted by Gasteiger charge is -1.77. The molecule has 0 aliphatic rings. The van der Waals surface area contributed by atoms with E-state index in [-0.39, 0.29) is 5.11 Å². The van der Waals surface area contributed by atoms with E-state index in [1.807, 2.05) is 0 Å². The summed E-state index contributed by atoms with van der Waals surface area (Å²) < 4.78 is 0. The fraction of sp³-hybridized carbons (Fsp3) is 0.800. The fourth-order valence-electron chi connectivity index (χ4n) is 0.134. The van der Waals surface area contributed by atoms with Crippen molar-refractivity contribution >= 4 is 33.3 Å². The van der Waals surface area contributed by atoms with Gasteiger partial charge in [0.1, 0.15) is 0 Å². The normalized spacial score (nSPS) is 7.44. The molecule has 0 saturated carbocycles. The molecular formula is C5H14BrN2S+. The van der Waals surface area contributed by atoms with Crippen LogP contribution in [0.15, 0.2) is 0 Å². The molecule has 0 bridgehead atoms. The van der Waals surface area contributed by atoms with Gasteiger partial charge in [0.25, 0.3) is 5.11 Å². The number of halogens is 1. The summed E-state index contributed by atoms with van der Waals surface area (Å²) in [6.07, 6.45) is 2.60. The number of hydrogen-bond acceptors (Lipinski definition) is 1. The molecule has 0 amide bonds. The molecule has 0 radical (unpaired) electrons. The smallest absolute Gasteiger partial charge is 0.262 e. The second kappa shape index (κ2) is 11.2. The minimum absolute atomic E-state index is 0.250. The van der Waals surface area contributed by atoms with Gasteiger partial charge in [0, 0.05) is 17.5 Å². The number of hydrogen-bond donors (Lipinski definition) is 2. The summed E-state index contributed by atoms with van der Waals surface area (Å²) >= 11 is 7.51. The van der Waals surface area contributed by atoms with Crippen molar-refractivity contribution in [1.29, 1.82) is 0 Å². The van der Waals surface area contributed by atoms with Gasteiger partial charge in [0.05, 0.1) is 0 Å². The number of thiocarbonyl (C=S) groups is 1. The molecule has 2 nitrogen and oxygen atoms in total. The second-order valence-corrected chi connectivity index (χ2v) is 2.83. The number of nitrogens with two attached hydrogens (primary N) is 1. The minimum Gasteiger partial charge on any atom is -0.345 e. The van der Waals surface area contributed by atoms with Gasteiger partial charge in [-0.1, -0.05) is 29.3 Å². The highest BCUT2D eigenvalue weighted by molar-refractivity contribution is 9.09. The van der Waals surface area contributed by atoms with Crippen LogP contribution >= 0.6 is 28.1 Å². The first-order valence-electron chi connectivity index (χ1n) is 2.82. The molecule has 0 saturated heterocycles. The Balaban J connectivity index is 0. The van der Waals surface area contributed by atoms with Crippen molar-refractivity contribution in [2.24, 2.45) is 5.73 Å². The highest BCUT2D eigenvalue weighted by Crippen LogP contribution is 1.89. The van der Waals surface area contributed by atoms with E-state index in [1.165, 1.54) is 12.8 Å². The lowest BCUT2D eigenvalue weighted by atomic mass is 10.4. The molecule has 0 aliphatic carbocycles. The molecule has 0 rings (SSSR count). The maximum absolute atomic E-state index is 4.73. The molecule has 0 aromatic carbocycles. The van der Waals surface area contributed by atoms with Crippen LogP contribution in [0.3, 0.4) is 0 Å². The van der Waals surface area contributed by atoms with Crippen molar-refractivity contribution in [2.45, 2.75) is 19.8 Å². The van der Waals surface area contributed by atoms with Gasteiger partial charge in [-0.3, -0.25) is 0 Å². The highest BCUT2D eigenvalue weighted by Gasteiger charge is 1.69. The van der Waals surface area contributed by atoms with Crippen molar-refractivity contribution in [3.63, 3.8) is 0 Å². The van der Waals surface area contributed by atoms with Crippen LogP contribution in [0.5, 0.6) is 0 Å². The molecule has 9 heavy (non-hydrogen) atoms. The van der Waals surface area contributed by atoms with Crippen molar-refractivity contribution in [2.75, 3.05) is 5.33 Å². The van der Waals surface area contributed by atoms with Crippen LogP contribution in [-0.4, -0.2) is 10.4 Å². The predicted octanol–water partition coefficient (Wildman–Crippen LogP) is 0.653. The van der Waals surface area contributed by atoms with Crippen LogP contribution in [0, 0.1) is 0 Å². The molecule has 0 aromatic heterocycles. The van der Waals surface area contributed by atoms with Gasteiger partial charge < -0.3 is 11.5 Å². The van der Waals surface area contributed by atoms with Gasteiger partial charge in [0.15, 0.2) is 0 Å². The molecule has 0 fully saturated rings. The molecule has 0 unspecified atom stereocenters. The Morgan fingerprint density at radius 1 is 1.78 bits per heavy atom. The third-order valence-corrected chi connectivity index (χ3v) is 1.05. The molecular weight excluding hydrogens is 200 g/mol. The van der Waals surface area contributed by atoms with Gasteiger partial charge in [-0.15, -0.1) is 0 Å². The first-order valence-corrected chi connectivity index (χ1v) is 4.35. The first-order chi connectivity index (χ1) is 4.15. The van der Waals surface area contributed by atoms with E-state index in [1.54, 1.807) is 0 Å². The Bertz CT molecular complexity index is 62.0. The number of alkyl halides is 1. The molecule has 56 valence electrons. The van der Waals surface area contributed by atoms with Crippen LogP contribution in [-0.2, 0) is 0 Å². The van der Waals surface area contributed by atoms with Crippen molar-refractivity contribution in [3.8, 4) is 0 Å². The maximum Gasteiger partial charge on any atom is 0.262 e. The average Bonchev–Trinajstić information content (AvgIpc) is 1.66. The van der Waals surface area contributed by atoms with Gasteiger partial charge >= 0.3 is 0 Å². The zero-order chi connectivity index (χ0) is 7.70. The predicted molar refractivity (Wildman–Crippen MR) is 48.4 cm³/mol. The van der Waals surface area contributed by atoms with Crippen LogP contribution < -0.4 is 11.5 Å². The summed E-state index contributed by atoms with van der Waals surface area (Å²) in [5.41, 5.74) is 7.88. The van der Waals surface area contributed by atoms with Crippen molar-refractivity contribution in [1.82, 2.24) is 0 Å². The first kappa shape index (κ1) is 12.0. The number of quaternary nitrogens is 1. The molecule has 4 heteroatoms. The Morgan fingerprint density at radius 3 is 2.11 bits per heavy atom. The third kappa shape index (κ3) is 61.5. The van der Waals surface area contributed by atoms with Gasteiger partial charge in [-0.2, -0.15) is 0 Å². The van der Waals surface area contributed by atoms with E-state index >= 15 is 0 Å². The van der Waals surface area contributed by atoms with Crippen LogP contribution in [0.1, 0.15) is 19.8 Å². The van der Waals surface area contributed by atoms with E-state index in [0.29, 0.717) is 0 Å². The Morgan fingerprint density at radius 2 is 2.11 bits per heavy atom. The van der Waals surface area contributed by atoms with E-state index < -0.39 is 0 Å². The average molecular weight is 214 g/mol. The SMILES string of the molecule is CCCCBr.NC([NH3+])=S. The van der Waals surface area contributed by atoms with Gasteiger partial charge in [-0.05, 0) is 6.42 Å². The van der Waals surface area contributed by atoms with E-state index in [2.05, 4.69) is 40.8 Å². The number of rotatable bonds is 2. The maximum atomic E-state index is 4.73. The van der Waals surface area contributed by atoms with Crippen molar-refractivity contribution in [3.05, 3.63) is 0 Å². The Kier molecular flexibility index (Phi) is 15.0. The molecule has 0 atom stereocenters. The largest absolute Gasteiger partial charge is 0.345 e. The van der Waals surface area contributed by atoms with E-state index in [0.717, 1.165) is 5.33 Å². The summed E-state index contributed by atoms with van der Waals surface area (Å²) in [4.78, 5) is 0. The van der Waals surface area contributed by atoms with Crippen LogP contribution in [0.2, 0.25) is 0 Å². The Hall–Kier alpha value is 0.330. The fourth-order valence-corrected chi connectivity index (χ4v) is 0.694. The summed E-state index contributed by atoms with van der Waals surface area (Å²) in [5, 5.41) is 1.41. The molecule has 0 aromatic rings. The van der Waals surface area contributed by atoms with Gasteiger partial charge in [0.2, 0.25) is 0 Å². The zero-order valence-electron chi connectivity index (χ0n) is 5.69. The van der Waals surface area contributed by atoms with E-state index in [9.17, 15) is 0 Å². The molecule has 5 N–H and O–H groups in total. The summed E-state index contributed by atoms with van der Waals surface area (Å²) in [6, 6.07) is 0. The minimum atomic E-state index is 0.250. The lowest BCUT2D eigenvalue weighted by Crippen LogP contribution is -2.60. The molecule has 0 spiro atoms. The highest BCUT2D eigenvalue weighted by atomic mass is 79.9. The summed E-state index contributed by atoms with van der Waals surface area (Å²) in [5.74, 6) is 0. The topological polar surface area (TPSA) is 53.7 Å². The number of unbranched alkanes of at least 4 members (excludes halogenated alkanes) is 1. The van der Waals surface area contributed by atoms with Crippen LogP contribution in [0.25, 0.3) is 0 Å². The standard InChI is InChI=1S/C4H9Br.CH4N2S/c1-2-3-4-5;2-1(3)4/h2-4H2,1H3;(H4,2,3,4)/p+1. The monoisotopic (exact) mass is 213 g/mol. The quantitative estimate of drug-likeness (QED) is 0.524. The summed E-state index contributed by atoms with van der Waals surface area (Å²) in [7, 11) is 0.